The predicted molar refractivity (Wildman–Crippen MR) is 88.7 cm³/mol. The van der Waals surface area contributed by atoms with Crippen molar-refractivity contribution in [3.63, 3.8) is 0 Å². The number of rotatable bonds is 3. The molecule has 1 aliphatic heterocycles. The quantitative estimate of drug-likeness (QED) is 0.843. The van der Waals surface area contributed by atoms with E-state index in [2.05, 4.69) is 4.99 Å². The van der Waals surface area contributed by atoms with Gasteiger partial charge >= 0.3 is 0 Å². The van der Waals surface area contributed by atoms with Crippen molar-refractivity contribution in [2.45, 2.75) is 0 Å². The lowest BCUT2D eigenvalue weighted by atomic mass is 10.2. The van der Waals surface area contributed by atoms with Crippen LogP contribution in [0.25, 0.3) is 6.08 Å². The second-order valence-corrected chi connectivity index (χ2v) is 6.28. The fraction of sp³-hybridized carbons (Fsp3) is 0.188. The summed E-state index contributed by atoms with van der Waals surface area (Å²) < 4.78 is 16.9. The number of aliphatic imine (C=N–C) groups is 1. The van der Waals surface area contributed by atoms with Crippen LogP contribution in [0, 0.1) is 0 Å². The van der Waals surface area contributed by atoms with Gasteiger partial charge in [-0.15, -0.1) is 11.3 Å². The molecule has 0 aliphatic carbocycles. The van der Waals surface area contributed by atoms with Crippen LogP contribution in [-0.4, -0.2) is 26.4 Å². The second-order valence-electron chi connectivity index (χ2n) is 4.53. The Balaban J connectivity index is 1.89. The summed E-state index contributed by atoms with van der Waals surface area (Å²) in [6, 6.07) is 11.4. The van der Waals surface area contributed by atoms with Gasteiger partial charge in [0.15, 0.2) is 6.79 Å². The molecule has 0 saturated carbocycles. The maximum atomic E-state index is 5.95. The Morgan fingerprint density at radius 1 is 1.23 bits per heavy atom. The van der Waals surface area contributed by atoms with Crippen LogP contribution in [0.15, 0.2) is 47.1 Å². The molecule has 0 amide bonds. The normalized spacial score (nSPS) is 16.8. The molecule has 0 bridgehead atoms. The number of hydrogen-bond donors (Lipinski definition) is 0. The van der Waals surface area contributed by atoms with E-state index < -0.39 is 0 Å². The van der Waals surface area contributed by atoms with Gasteiger partial charge in [0.25, 0.3) is 0 Å². The van der Waals surface area contributed by atoms with E-state index in [9.17, 15) is 0 Å². The zero-order chi connectivity index (χ0) is 15.4. The van der Waals surface area contributed by atoms with Gasteiger partial charge in [-0.05, 0) is 42.5 Å². The Morgan fingerprint density at radius 2 is 2.05 bits per heavy atom. The molecule has 114 valence electrons. The predicted octanol–water partition coefficient (Wildman–Crippen LogP) is 4.20. The standard InChI is InChI=1S/C16H14ClNO3S/c1-19-13-4-2-11(3-5-13)16-18-12(9-20-10-21-16)8-14-6-7-15(17)22-14/h2-8H,9-10H2,1H3/b12-8-. The van der Waals surface area contributed by atoms with Gasteiger partial charge in [-0.25, -0.2) is 4.99 Å². The van der Waals surface area contributed by atoms with Gasteiger partial charge in [-0.1, -0.05) is 11.6 Å². The fourth-order valence-corrected chi connectivity index (χ4v) is 2.99. The summed E-state index contributed by atoms with van der Waals surface area (Å²) in [5.74, 6) is 1.33. The molecular weight excluding hydrogens is 322 g/mol. The van der Waals surface area contributed by atoms with Crippen molar-refractivity contribution < 1.29 is 14.2 Å². The second kappa shape index (κ2) is 6.96. The number of nitrogens with zero attached hydrogens (tertiary/aromatic N) is 1. The minimum atomic E-state index is 0.174. The van der Waals surface area contributed by atoms with Crippen LogP contribution in [0.1, 0.15) is 10.4 Å². The van der Waals surface area contributed by atoms with E-state index in [0.717, 1.165) is 26.2 Å². The summed E-state index contributed by atoms with van der Waals surface area (Å²) >= 11 is 7.45. The summed E-state index contributed by atoms with van der Waals surface area (Å²) in [5, 5.41) is 0. The molecule has 3 rings (SSSR count). The van der Waals surface area contributed by atoms with Gasteiger partial charge < -0.3 is 14.2 Å². The smallest absolute Gasteiger partial charge is 0.223 e. The average molecular weight is 336 g/mol. The molecule has 2 aromatic rings. The highest BCUT2D eigenvalue weighted by molar-refractivity contribution is 7.17. The third-order valence-corrected chi connectivity index (χ3v) is 4.19. The zero-order valence-corrected chi connectivity index (χ0v) is 13.5. The van der Waals surface area contributed by atoms with Crippen LogP contribution in [0.4, 0.5) is 0 Å². The number of ether oxygens (including phenoxy) is 3. The topological polar surface area (TPSA) is 40.0 Å². The van der Waals surface area contributed by atoms with Crippen molar-refractivity contribution in [3.05, 3.63) is 56.9 Å². The van der Waals surface area contributed by atoms with Gasteiger partial charge in [0.2, 0.25) is 5.90 Å². The molecule has 1 aromatic carbocycles. The molecule has 22 heavy (non-hydrogen) atoms. The minimum Gasteiger partial charge on any atom is -0.497 e. The highest BCUT2D eigenvalue weighted by Gasteiger charge is 2.12. The largest absolute Gasteiger partial charge is 0.497 e. The van der Waals surface area contributed by atoms with Crippen molar-refractivity contribution in [2.75, 3.05) is 20.5 Å². The molecule has 0 atom stereocenters. The lowest BCUT2D eigenvalue weighted by Gasteiger charge is -2.06. The van der Waals surface area contributed by atoms with E-state index in [1.165, 1.54) is 11.3 Å². The molecule has 1 aliphatic rings. The van der Waals surface area contributed by atoms with Crippen LogP contribution in [0.3, 0.4) is 0 Å². The minimum absolute atomic E-state index is 0.174. The third kappa shape index (κ3) is 3.68. The van der Waals surface area contributed by atoms with Gasteiger partial charge in [-0.2, -0.15) is 0 Å². The Labute approximate surface area is 137 Å². The number of benzene rings is 1. The molecule has 0 saturated heterocycles. The number of thiophene rings is 1. The maximum absolute atomic E-state index is 5.95. The molecule has 1 aromatic heterocycles. The van der Waals surface area contributed by atoms with Gasteiger partial charge in [0.05, 0.1) is 23.8 Å². The number of halogens is 1. The van der Waals surface area contributed by atoms with Crippen LogP contribution < -0.4 is 4.74 Å². The van der Waals surface area contributed by atoms with Crippen molar-refractivity contribution in [1.29, 1.82) is 0 Å². The number of methoxy groups -OCH3 is 1. The molecule has 0 unspecified atom stereocenters. The fourth-order valence-electron chi connectivity index (χ4n) is 1.96. The first-order valence-electron chi connectivity index (χ1n) is 6.64. The van der Waals surface area contributed by atoms with Crippen molar-refractivity contribution >= 4 is 34.9 Å². The van der Waals surface area contributed by atoms with Crippen molar-refractivity contribution in [3.8, 4) is 5.75 Å². The Morgan fingerprint density at radius 3 is 2.73 bits per heavy atom. The SMILES string of the molecule is COc1ccc(C2=N/C(=C\c3ccc(Cl)s3)COCO2)cc1. The highest BCUT2D eigenvalue weighted by Crippen LogP contribution is 2.24. The highest BCUT2D eigenvalue weighted by atomic mass is 35.5. The molecule has 0 N–H and O–H groups in total. The monoisotopic (exact) mass is 335 g/mol. The van der Waals surface area contributed by atoms with E-state index in [1.807, 2.05) is 42.5 Å². The van der Waals surface area contributed by atoms with E-state index in [4.69, 9.17) is 25.8 Å². The zero-order valence-electron chi connectivity index (χ0n) is 11.9. The first-order chi connectivity index (χ1) is 10.7. The van der Waals surface area contributed by atoms with Gasteiger partial charge in [-0.3, -0.25) is 0 Å². The lowest BCUT2D eigenvalue weighted by Crippen LogP contribution is -2.06. The first-order valence-corrected chi connectivity index (χ1v) is 7.83. The molecule has 2 heterocycles. The summed E-state index contributed by atoms with van der Waals surface area (Å²) in [7, 11) is 1.63. The molecule has 0 radical (unpaired) electrons. The summed E-state index contributed by atoms with van der Waals surface area (Å²) in [4.78, 5) is 5.59. The van der Waals surface area contributed by atoms with E-state index in [0.29, 0.717) is 12.5 Å². The Hall–Kier alpha value is -1.82. The van der Waals surface area contributed by atoms with Crippen LogP contribution in [0.5, 0.6) is 5.75 Å². The summed E-state index contributed by atoms with van der Waals surface area (Å²) in [5.41, 5.74) is 1.67. The van der Waals surface area contributed by atoms with Gasteiger partial charge in [0, 0.05) is 10.4 Å². The van der Waals surface area contributed by atoms with Gasteiger partial charge in [0.1, 0.15) is 5.75 Å². The van der Waals surface area contributed by atoms with Crippen molar-refractivity contribution in [2.24, 2.45) is 4.99 Å². The third-order valence-electron chi connectivity index (χ3n) is 3.01. The molecule has 6 heteroatoms. The summed E-state index contributed by atoms with van der Waals surface area (Å²) in [6.07, 6.45) is 1.95. The molecule has 0 fully saturated rings. The molecule has 0 spiro atoms. The van der Waals surface area contributed by atoms with E-state index in [-0.39, 0.29) is 6.79 Å². The van der Waals surface area contributed by atoms with Crippen molar-refractivity contribution in [1.82, 2.24) is 0 Å². The number of hydrogen-bond acceptors (Lipinski definition) is 5. The Kier molecular flexibility index (Phi) is 4.77. The maximum Gasteiger partial charge on any atom is 0.223 e. The van der Waals surface area contributed by atoms with Crippen LogP contribution >= 0.6 is 22.9 Å². The first kappa shape index (κ1) is 15.1. The summed E-state index contributed by atoms with van der Waals surface area (Å²) in [6.45, 7) is 0.572. The van der Waals surface area contributed by atoms with E-state index >= 15 is 0 Å². The van der Waals surface area contributed by atoms with E-state index in [1.54, 1.807) is 7.11 Å². The molecule has 4 nitrogen and oxygen atoms in total. The Bertz CT molecular complexity index is 706. The van der Waals surface area contributed by atoms with Crippen LogP contribution in [0.2, 0.25) is 4.34 Å². The van der Waals surface area contributed by atoms with Crippen LogP contribution in [-0.2, 0) is 9.47 Å². The lowest BCUT2D eigenvalue weighted by molar-refractivity contribution is 0.0263. The average Bonchev–Trinajstić information content (AvgIpc) is 2.81. The molecular formula is C16H14ClNO3S.